The highest BCUT2D eigenvalue weighted by molar-refractivity contribution is 5.46. The van der Waals surface area contributed by atoms with Crippen molar-refractivity contribution in [1.82, 2.24) is 0 Å². The fraction of sp³-hybridized carbons (Fsp3) is 0.286. The van der Waals surface area contributed by atoms with E-state index in [2.05, 4.69) is 13.2 Å². The Kier molecular flexibility index (Phi) is 13.1. The second kappa shape index (κ2) is 12.5. The minimum Gasteiger partial charge on any atom is -0.331 e. The second-order valence-electron chi connectivity index (χ2n) is 3.54. The van der Waals surface area contributed by atoms with Gasteiger partial charge in [-0.2, -0.15) is 0 Å². The molecule has 0 saturated carbocycles. The Bertz CT molecular complexity index is 290. The Morgan fingerprint density at radius 1 is 1.29 bits per heavy atom. The molecule has 3 nitrogen and oxygen atoms in total. The van der Waals surface area contributed by atoms with E-state index in [1.54, 1.807) is 6.20 Å². The Morgan fingerprint density at radius 3 is 1.94 bits per heavy atom. The molecule has 0 atom stereocenters. The van der Waals surface area contributed by atoms with Crippen LogP contribution < -0.4 is 16.6 Å². The molecule has 0 radical (unpaired) electrons. The van der Waals surface area contributed by atoms with Crippen molar-refractivity contribution in [1.29, 1.82) is 0 Å². The smallest absolute Gasteiger partial charge is 0.0567 e. The summed E-state index contributed by atoms with van der Waals surface area (Å²) in [6.45, 7) is 13.7. The first-order chi connectivity index (χ1) is 7.99. The Balaban J connectivity index is 0. The molecular weight excluding hydrogens is 210 g/mol. The number of para-hydroxylation sites is 1. The van der Waals surface area contributed by atoms with Gasteiger partial charge in [0, 0.05) is 6.20 Å². The van der Waals surface area contributed by atoms with Crippen LogP contribution in [0.1, 0.15) is 20.8 Å². The summed E-state index contributed by atoms with van der Waals surface area (Å²) >= 11 is 0. The third-order valence-electron chi connectivity index (χ3n) is 1.25. The van der Waals surface area contributed by atoms with Crippen LogP contribution in [0.3, 0.4) is 0 Å². The van der Waals surface area contributed by atoms with Crippen LogP contribution in [-0.2, 0) is 0 Å². The fourth-order valence-corrected chi connectivity index (χ4v) is 0.706. The van der Waals surface area contributed by atoms with Gasteiger partial charge in [0.15, 0.2) is 0 Å². The Morgan fingerprint density at radius 2 is 1.65 bits per heavy atom. The topological polar surface area (TPSA) is 55.3 Å². The van der Waals surface area contributed by atoms with Crippen LogP contribution in [0.2, 0.25) is 0 Å². The van der Waals surface area contributed by atoms with E-state index in [9.17, 15) is 0 Å². The minimum absolute atomic E-state index is 0.750. The zero-order valence-corrected chi connectivity index (χ0v) is 11.2. The van der Waals surface area contributed by atoms with Gasteiger partial charge in [-0.25, -0.2) is 5.84 Å². The quantitative estimate of drug-likeness (QED) is 0.470. The summed E-state index contributed by atoms with van der Waals surface area (Å²) in [5.74, 6) is 5.51. The van der Waals surface area contributed by atoms with E-state index in [4.69, 9.17) is 11.6 Å². The highest BCUT2D eigenvalue weighted by Gasteiger charge is 1.91. The SMILES string of the molecule is C=C(C)C.C=CN(N)c1ccccc1.CCN. The van der Waals surface area contributed by atoms with Crippen molar-refractivity contribution < 1.29 is 0 Å². The van der Waals surface area contributed by atoms with Gasteiger partial charge in [0.05, 0.1) is 5.69 Å². The lowest BCUT2D eigenvalue weighted by Crippen LogP contribution is -2.23. The van der Waals surface area contributed by atoms with Crippen LogP contribution in [0.5, 0.6) is 0 Å². The number of hydrogen-bond acceptors (Lipinski definition) is 3. The molecule has 0 spiro atoms. The van der Waals surface area contributed by atoms with Crippen molar-refractivity contribution in [3.8, 4) is 0 Å². The predicted octanol–water partition coefficient (Wildman–Crippen LogP) is 3.06. The number of benzene rings is 1. The number of anilines is 1. The summed E-state index contributed by atoms with van der Waals surface area (Å²) in [5.41, 5.74) is 6.96. The summed E-state index contributed by atoms with van der Waals surface area (Å²) < 4.78 is 0. The van der Waals surface area contributed by atoms with Gasteiger partial charge in [-0.05, 0) is 32.5 Å². The largest absolute Gasteiger partial charge is 0.331 e. The first kappa shape index (κ1) is 17.8. The highest BCUT2D eigenvalue weighted by atomic mass is 15.4. The van der Waals surface area contributed by atoms with Crippen molar-refractivity contribution in [3.05, 3.63) is 55.3 Å². The number of nitrogens with two attached hydrogens (primary N) is 2. The molecular formula is C14H25N3. The molecule has 0 unspecified atom stereocenters. The van der Waals surface area contributed by atoms with Crippen LogP contribution in [-0.4, -0.2) is 6.54 Å². The number of rotatable bonds is 2. The average molecular weight is 235 g/mol. The van der Waals surface area contributed by atoms with E-state index in [1.807, 2.05) is 51.1 Å². The van der Waals surface area contributed by atoms with Crippen LogP contribution >= 0.6 is 0 Å². The third-order valence-corrected chi connectivity index (χ3v) is 1.25. The van der Waals surface area contributed by atoms with E-state index in [0.29, 0.717) is 0 Å². The van der Waals surface area contributed by atoms with E-state index in [0.717, 1.165) is 12.2 Å². The van der Waals surface area contributed by atoms with Crippen molar-refractivity contribution in [2.24, 2.45) is 11.6 Å². The van der Waals surface area contributed by atoms with Crippen LogP contribution in [0, 0.1) is 0 Å². The zero-order valence-electron chi connectivity index (χ0n) is 11.2. The van der Waals surface area contributed by atoms with Crippen molar-refractivity contribution in [2.45, 2.75) is 20.8 Å². The normalized spacial score (nSPS) is 7.82. The molecule has 0 saturated heterocycles. The van der Waals surface area contributed by atoms with Crippen molar-refractivity contribution in [2.75, 3.05) is 11.6 Å². The van der Waals surface area contributed by atoms with Gasteiger partial charge in [0.25, 0.3) is 0 Å². The first-order valence-corrected chi connectivity index (χ1v) is 5.53. The van der Waals surface area contributed by atoms with Gasteiger partial charge in [-0.3, -0.25) is 5.01 Å². The summed E-state index contributed by atoms with van der Waals surface area (Å²) in [4.78, 5) is 0. The summed E-state index contributed by atoms with van der Waals surface area (Å²) in [6.07, 6.45) is 1.56. The lowest BCUT2D eigenvalue weighted by atomic mass is 10.3. The number of allylic oxidation sites excluding steroid dienone is 1. The maximum absolute atomic E-state index is 5.51. The summed E-state index contributed by atoms with van der Waals surface area (Å²) in [7, 11) is 0. The van der Waals surface area contributed by atoms with Crippen molar-refractivity contribution in [3.63, 3.8) is 0 Å². The molecule has 0 aromatic heterocycles. The lowest BCUT2D eigenvalue weighted by molar-refractivity contribution is 1.08. The molecule has 0 amide bonds. The summed E-state index contributed by atoms with van der Waals surface area (Å²) in [6, 6.07) is 9.64. The van der Waals surface area contributed by atoms with Gasteiger partial charge >= 0.3 is 0 Å². The Labute approximate surface area is 105 Å². The molecule has 4 N–H and O–H groups in total. The number of nitrogens with zero attached hydrogens (tertiary/aromatic N) is 1. The first-order valence-electron chi connectivity index (χ1n) is 5.53. The Hall–Kier alpha value is -1.58. The molecule has 3 heteroatoms. The maximum atomic E-state index is 5.51. The van der Waals surface area contributed by atoms with Gasteiger partial charge in [-0.1, -0.05) is 37.3 Å². The van der Waals surface area contributed by atoms with Gasteiger partial charge < -0.3 is 5.73 Å². The standard InChI is InChI=1S/C8H10N2.C4H8.C2H7N/c1-2-10(9)8-6-4-3-5-7-8;1-4(2)3;1-2-3/h2-7H,1,9H2;1H2,2-3H3;2-3H2,1H3. The van der Waals surface area contributed by atoms with Crippen LogP contribution in [0.25, 0.3) is 0 Å². The van der Waals surface area contributed by atoms with E-state index >= 15 is 0 Å². The molecule has 1 aromatic rings. The highest BCUT2D eigenvalue weighted by Crippen LogP contribution is 2.07. The van der Waals surface area contributed by atoms with E-state index < -0.39 is 0 Å². The monoisotopic (exact) mass is 235 g/mol. The molecule has 1 rings (SSSR count). The van der Waals surface area contributed by atoms with E-state index in [-0.39, 0.29) is 0 Å². The van der Waals surface area contributed by atoms with Crippen molar-refractivity contribution >= 4 is 5.69 Å². The van der Waals surface area contributed by atoms with E-state index in [1.165, 1.54) is 10.6 Å². The average Bonchev–Trinajstić information content (AvgIpc) is 2.29. The molecule has 0 fully saturated rings. The van der Waals surface area contributed by atoms with Gasteiger partial charge in [0.1, 0.15) is 0 Å². The molecule has 0 aliphatic heterocycles. The van der Waals surface area contributed by atoms with Crippen LogP contribution in [0.4, 0.5) is 5.69 Å². The second-order valence-corrected chi connectivity index (χ2v) is 3.54. The number of hydrazine groups is 1. The third kappa shape index (κ3) is 14.4. The van der Waals surface area contributed by atoms with Crippen LogP contribution in [0.15, 0.2) is 55.3 Å². The molecule has 17 heavy (non-hydrogen) atoms. The predicted molar refractivity (Wildman–Crippen MR) is 78.5 cm³/mol. The fourth-order valence-electron chi connectivity index (χ4n) is 0.706. The zero-order chi connectivity index (χ0) is 13.7. The molecule has 0 aliphatic rings. The molecule has 96 valence electrons. The molecule has 0 heterocycles. The van der Waals surface area contributed by atoms with Gasteiger partial charge in [0.2, 0.25) is 0 Å². The van der Waals surface area contributed by atoms with Gasteiger partial charge in [-0.15, -0.1) is 6.58 Å². The molecule has 0 aliphatic carbocycles. The maximum Gasteiger partial charge on any atom is 0.0567 e. The summed E-state index contributed by atoms with van der Waals surface area (Å²) in [5, 5.41) is 1.47. The molecule has 0 bridgehead atoms. The lowest BCUT2D eigenvalue weighted by Gasteiger charge is -2.11. The molecule has 1 aromatic carbocycles. The minimum atomic E-state index is 0.750. The number of hydrogen-bond donors (Lipinski definition) is 2.